The molecule has 1 aromatic carbocycles. The molecule has 0 aliphatic rings. The number of amides is 2. The lowest BCUT2D eigenvalue weighted by Crippen LogP contribution is -2.43. The monoisotopic (exact) mass is 370 g/mol. The van der Waals surface area contributed by atoms with Gasteiger partial charge in [-0.15, -0.1) is 0 Å². The molecule has 122 valence electrons. The van der Waals surface area contributed by atoms with Crippen LogP contribution in [0.25, 0.3) is 0 Å². The van der Waals surface area contributed by atoms with E-state index >= 15 is 0 Å². The lowest BCUT2D eigenvalue weighted by atomic mass is 10.0. The standard InChI is InChI=1S/C16H23BrN2O3/c1-10(14(20)22-16(3,4)5)11(2)18-15(21)19-13-8-6-12(17)7-9-13/h6-11H,1-5H3,(H2,18,19,21)/t10-,11-/m0/s1. The third kappa shape index (κ3) is 6.47. The number of halogens is 1. The Morgan fingerprint density at radius 3 is 2.18 bits per heavy atom. The Labute approximate surface area is 139 Å². The molecule has 0 saturated carbocycles. The van der Waals surface area contributed by atoms with E-state index in [1.165, 1.54) is 0 Å². The van der Waals surface area contributed by atoms with Crippen molar-refractivity contribution in [3.8, 4) is 0 Å². The molecule has 1 rings (SSSR count). The maximum atomic E-state index is 12.0. The van der Waals surface area contributed by atoms with E-state index in [1.807, 2.05) is 32.9 Å². The van der Waals surface area contributed by atoms with Gasteiger partial charge in [0.15, 0.2) is 0 Å². The van der Waals surface area contributed by atoms with Gasteiger partial charge in [0.2, 0.25) is 0 Å². The second-order valence-corrected chi connectivity index (χ2v) is 7.13. The van der Waals surface area contributed by atoms with Crippen LogP contribution in [0.4, 0.5) is 10.5 Å². The molecule has 0 fully saturated rings. The number of carbonyl (C=O) groups excluding carboxylic acids is 2. The maximum absolute atomic E-state index is 12.0. The van der Waals surface area contributed by atoms with Crippen LogP contribution < -0.4 is 10.6 Å². The van der Waals surface area contributed by atoms with Crippen LogP contribution >= 0.6 is 15.9 Å². The number of benzene rings is 1. The van der Waals surface area contributed by atoms with Crippen LogP contribution in [0.2, 0.25) is 0 Å². The third-order valence-corrected chi connectivity index (χ3v) is 3.52. The summed E-state index contributed by atoms with van der Waals surface area (Å²) in [6.07, 6.45) is 0. The van der Waals surface area contributed by atoms with E-state index in [1.54, 1.807) is 26.0 Å². The fourth-order valence-corrected chi connectivity index (χ4v) is 1.90. The van der Waals surface area contributed by atoms with Gasteiger partial charge >= 0.3 is 12.0 Å². The Kier molecular flexibility index (Phi) is 6.41. The normalized spacial score (nSPS) is 13.9. The zero-order valence-electron chi connectivity index (χ0n) is 13.6. The summed E-state index contributed by atoms with van der Waals surface area (Å²) in [5.74, 6) is -0.765. The second-order valence-electron chi connectivity index (χ2n) is 6.22. The summed E-state index contributed by atoms with van der Waals surface area (Å²) in [6.45, 7) is 8.95. The largest absolute Gasteiger partial charge is 0.460 e. The highest BCUT2D eigenvalue weighted by Gasteiger charge is 2.26. The van der Waals surface area contributed by atoms with Crippen LogP contribution in [0.5, 0.6) is 0 Å². The molecule has 0 aliphatic carbocycles. The number of hydrogen-bond donors (Lipinski definition) is 2. The first-order valence-corrected chi connectivity index (χ1v) is 7.94. The summed E-state index contributed by atoms with van der Waals surface area (Å²) < 4.78 is 6.25. The van der Waals surface area contributed by atoms with Crippen LogP contribution in [0.15, 0.2) is 28.7 Å². The Bertz CT molecular complexity index is 523. The van der Waals surface area contributed by atoms with Crippen molar-refractivity contribution in [3.63, 3.8) is 0 Å². The minimum atomic E-state index is -0.537. The van der Waals surface area contributed by atoms with Gasteiger partial charge in [0.1, 0.15) is 5.60 Å². The third-order valence-electron chi connectivity index (χ3n) is 2.99. The van der Waals surface area contributed by atoms with Crippen LogP contribution in [-0.4, -0.2) is 23.6 Å². The van der Waals surface area contributed by atoms with Crippen molar-refractivity contribution in [2.24, 2.45) is 5.92 Å². The van der Waals surface area contributed by atoms with Crippen molar-refractivity contribution < 1.29 is 14.3 Å². The molecule has 1 aromatic rings. The Morgan fingerprint density at radius 2 is 1.68 bits per heavy atom. The highest BCUT2D eigenvalue weighted by atomic mass is 79.9. The molecule has 6 heteroatoms. The molecule has 2 amide bonds. The van der Waals surface area contributed by atoms with Gasteiger partial charge in [-0.2, -0.15) is 0 Å². The highest BCUT2D eigenvalue weighted by molar-refractivity contribution is 9.10. The van der Waals surface area contributed by atoms with Gasteiger partial charge in [0, 0.05) is 16.2 Å². The van der Waals surface area contributed by atoms with E-state index in [2.05, 4.69) is 26.6 Å². The number of nitrogens with one attached hydrogen (secondary N) is 2. The molecule has 0 heterocycles. The molecule has 0 unspecified atom stereocenters. The number of hydrogen-bond acceptors (Lipinski definition) is 3. The van der Waals surface area contributed by atoms with Crippen molar-refractivity contribution in [1.82, 2.24) is 5.32 Å². The van der Waals surface area contributed by atoms with E-state index in [0.29, 0.717) is 5.69 Å². The summed E-state index contributed by atoms with van der Waals surface area (Å²) in [4.78, 5) is 23.9. The molecule has 0 bridgehead atoms. The van der Waals surface area contributed by atoms with Crippen molar-refractivity contribution in [2.45, 2.75) is 46.3 Å². The highest BCUT2D eigenvalue weighted by Crippen LogP contribution is 2.15. The number of rotatable bonds is 4. The maximum Gasteiger partial charge on any atom is 0.319 e. The van der Waals surface area contributed by atoms with Gasteiger partial charge in [-0.25, -0.2) is 4.79 Å². The van der Waals surface area contributed by atoms with Gasteiger partial charge in [0.25, 0.3) is 0 Å². The average Bonchev–Trinajstić information content (AvgIpc) is 2.38. The Hall–Kier alpha value is -1.56. The number of urea groups is 1. The van der Waals surface area contributed by atoms with E-state index < -0.39 is 11.5 Å². The Morgan fingerprint density at radius 1 is 1.14 bits per heavy atom. The van der Waals surface area contributed by atoms with Crippen LogP contribution in [-0.2, 0) is 9.53 Å². The fourth-order valence-electron chi connectivity index (χ4n) is 1.63. The fraction of sp³-hybridized carbons (Fsp3) is 0.500. The van der Waals surface area contributed by atoms with E-state index in [4.69, 9.17) is 4.74 Å². The summed E-state index contributed by atoms with van der Waals surface area (Å²) in [5.41, 5.74) is 0.142. The van der Waals surface area contributed by atoms with Gasteiger partial charge in [-0.1, -0.05) is 15.9 Å². The number of esters is 1. The zero-order valence-corrected chi connectivity index (χ0v) is 15.2. The molecule has 0 aliphatic heterocycles. The summed E-state index contributed by atoms with van der Waals surface area (Å²) in [6, 6.07) is 6.54. The van der Waals surface area contributed by atoms with Crippen LogP contribution in [0.3, 0.4) is 0 Å². The van der Waals surface area contributed by atoms with Gasteiger partial charge in [-0.3, -0.25) is 4.79 Å². The lowest BCUT2D eigenvalue weighted by Gasteiger charge is -2.25. The van der Waals surface area contributed by atoms with E-state index in [0.717, 1.165) is 4.47 Å². The van der Waals surface area contributed by atoms with Crippen molar-refractivity contribution in [2.75, 3.05) is 5.32 Å². The average molecular weight is 371 g/mol. The van der Waals surface area contributed by atoms with Crippen LogP contribution in [0.1, 0.15) is 34.6 Å². The van der Waals surface area contributed by atoms with Gasteiger partial charge < -0.3 is 15.4 Å². The topological polar surface area (TPSA) is 67.4 Å². The molecular weight excluding hydrogens is 348 g/mol. The molecule has 2 atom stereocenters. The SMILES string of the molecule is C[C@H](NC(=O)Nc1ccc(Br)cc1)[C@H](C)C(=O)OC(C)(C)C. The molecular formula is C16H23BrN2O3. The first kappa shape index (κ1) is 18.5. The number of anilines is 1. The minimum Gasteiger partial charge on any atom is -0.460 e. The molecule has 0 radical (unpaired) electrons. The molecule has 0 aromatic heterocycles. The van der Waals surface area contributed by atoms with E-state index in [-0.39, 0.29) is 18.0 Å². The smallest absolute Gasteiger partial charge is 0.319 e. The van der Waals surface area contributed by atoms with E-state index in [9.17, 15) is 9.59 Å². The summed E-state index contributed by atoms with van der Waals surface area (Å²) in [7, 11) is 0. The summed E-state index contributed by atoms with van der Waals surface area (Å²) >= 11 is 3.33. The van der Waals surface area contributed by atoms with Crippen molar-refractivity contribution in [3.05, 3.63) is 28.7 Å². The predicted octanol–water partition coefficient (Wildman–Crippen LogP) is 3.94. The first-order chi connectivity index (χ1) is 10.1. The first-order valence-electron chi connectivity index (χ1n) is 7.14. The van der Waals surface area contributed by atoms with Crippen molar-refractivity contribution in [1.29, 1.82) is 0 Å². The summed E-state index contributed by atoms with van der Waals surface area (Å²) in [5, 5.41) is 5.47. The van der Waals surface area contributed by atoms with Gasteiger partial charge in [-0.05, 0) is 58.9 Å². The molecule has 0 saturated heterocycles. The minimum absolute atomic E-state index is 0.330. The number of ether oxygens (including phenoxy) is 1. The number of carbonyl (C=O) groups is 2. The quantitative estimate of drug-likeness (QED) is 0.788. The lowest BCUT2D eigenvalue weighted by molar-refractivity contribution is -0.160. The molecule has 22 heavy (non-hydrogen) atoms. The zero-order chi connectivity index (χ0) is 16.9. The van der Waals surface area contributed by atoms with Crippen molar-refractivity contribution >= 4 is 33.6 Å². The van der Waals surface area contributed by atoms with Gasteiger partial charge in [0.05, 0.1) is 5.92 Å². The molecule has 5 nitrogen and oxygen atoms in total. The molecule has 2 N–H and O–H groups in total. The second kappa shape index (κ2) is 7.63. The predicted molar refractivity (Wildman–Crippen MR) is 90.8 cm³/mol. The Balaban J connectivity index is 2.52. The van der Waals surface area contributed by atoms with Crippen LogP contribution in [0, 0.1) is 5.92 Å². The molecule has 0 spiro atoms.